The Bertz CT molecular complexity index is 171. The van der Waals surface area contributed by atoms with E-state index in [-0.39, 0.29) is 5.91 Å². The number of likely N-dealkylation sites (N-methyl/N-ethyl adjacent to an activating group) is 2. The van der Waals surface area contributed by atoms with E-state index in [0.717, 1.165) is 26.1 Å². The van der Waals surface area contributed by atoms with E-state index in [1.807, 2.05) is 14.1 Å². The lowest BCUT2D eigenvalue weighted by Gasteiger charge is -2.17. The van der Waals surface area contributed by atoms with Crippen molar-refractivity contribution in [2.45, 2.75) is 32.7 Å². The lowest BCUT2D eigenvalue weighted by Crippen LogP contribution is -2.33. The highest BCUT2D eigenvalue weighted by Gasteiger charge is 2.06. The summed E-state index contributed by atoms with van der Waals surface area (Å²) in [5, 5.41) is 6.33. The van der Waals surface area contributed by atoms with Crippen LogP contribution in [0.3, 0.4) is 0 Å². The van der Waals surface area contributed by atoms with Crippen LogP contribution < -0.4 is 10.6 Å². The summed E-state index contributed by atoms with van der Waals surface area (Å²) in [6.07, 6.45) is 1.56. The van der Waals surface area contributed by atoms with Crippen LogP contribution in [-0.2, 0) is 4.79 Å². The lowest BCUT2D eigenvalue weighted by atomic mass is 10.2. The molecule has 1 amide bonds. The Hall–Kier alpha value is -0.610. The monoisotopic (exact) mass is 215 g/mol. The SMILES string of the molecule is CNCCN(C)C(=O)CCCNC(C)C. The summed E-state index contributed by atoms with van der Waals surface area (Å²) < 4.78 is 0. The van der Waals surface area contributed by atoms with Gasteiger partial charge in [0.05, 0.1) is 0 Å². The molecule has 0 spiro atoms. The van der Waals surface area contributed by atoms with Gasteiger partial charge < -0.3 is 15.5 Å². The van der Waals surface area contributed by atoms with Gasteiger partial charge in [0.1, 0.15) is 0 Å². The first kappa shape index (κ1) is 14.4. The molecular weight excluding hydrogens is 190 g/mol. The molecule has 0 aliphatic rings. The van der Waals surface area contributed by atoms with Crippen molar-refractivity contribution in [1.82, 2.24) is 15.5 Å². The van der Waals surface area contributed by atoms with E-state index in [9.17, 15) is 4.79 Å². The highest BCUT2D eigenvalue weighted by molar-refractivity contribution is 5.75. The lowest BCUT2D eigenvalue weighted by molar-refractivity contribution is -0.129. The van der Waals surface area contributed by atoms with Crippen molar-refractivity contribution in [3.8, 4) is 0 Å². The van der Waals surface area contributed by atoms with Crippen LogP contribution in [0.2, 0.25) is 0 Å². The van der Waals surface area contributed by atoms with E-state index in [1.54, 1.807) is 4.90 Å². The Balaban J connectivity index is 3.47. The van der Waals surface area contributed by atoms with Gasteiger partial charge in [-0.25, -0.2) is 0 Å². The van der Waals surface area contributed by atoms with E-state index in [2.05, 4.69) is 24.5 Å². The van der Waals surface area contributed by atoms with Crippen LogP contribution in [0, 0.1) is 0 Å². The molecule has 15 heavy (non-hydrogen) atoms. The standard InChI is InChI=1S/C11H25N3O/c1-10(2)13-7-5-6-11(15)14(4)9-8-12-3/h10,12-13H,5-9H2,1-4H3. The smallest absolute Gasteiger partial charge is 0.222 e. The molecule has 0 aromatic carbocycles. The Morgan fingerprint density at radius 2 is 2.00 bits per heavy atom. The van der Waals surface area contributed by atoms with Crippen molar-refractivity contribution in [2.75, 3.05) is 33.7 Å². The molecule has 4 nitrogen and oxygen atoms in total. The first-order valence-electron chi connectivity index (χ1n) is 5.70. The van der Waals surface area contributed by atoms with E-state index in [0.29, 0.717) is 12.5 Å². The third-order valence-electron chi connectivity index (χ3n) is 2.24. The summed E-state index contributed by atoms with van der Waals surface area (Å²) in [4.78, 5) is 13.3. The molecule has 0 rings (SSSR count). The van der Waals surface area contributed by atoms with Crippen LogP contribution in [0.5, 0.6) is 0 Å². The van der Waals surface area contributed by atoms with Crippen molar-refractivity contribution in [2.24, 2.45) is 0 Å². The van der Waals surface area contributed by atoms with Crippen molar-refractivity contribution in [1.29, 1.82) is 0 Å². The van der Waals surface area contributed by atoms with Gasteiger partial charge in [0.2, 0.25) is 5.91 Å². The maximum Gasteiger partial charge on any atom is 0.222 e. The molecule has 0 aliphatic heterocycles. The van der Waals surface area contributed by atoms with E-state index >= 15 is 0 Å². The summed E-state index contributed by atoms with van der Waals surface area (Å²) in [7, 11) is 3.75. The van der Waals surface area contributed by atoms with Gasteiger partial charge in [0.25, 0.3) is 0 Å². The normalized spacial score (nSPS) is 10.7. The quantitative estimate of drug-likeness (QED) is 0.578. The highest BCUT2D eigenvalue weighted by atomic mass is 16.2. The molecule has 0 fully saturated rings. The largest absolute Gasteiger partial charge is 0.344 e. The van der Waals surface area contributed by atoms with Crippen molar-refractivity contribution < 1.29 is 4.79 Å². The molecule has 0 aromatic rings. The minimum absolute atomic E-state index is 0.232. The third kappa shape index (κ3) is 8.39. The molecule has 4 heteroatoms. The highest BCUT2D eigenvalue weighted by Crippen LogP contribution is 1.94. The molecule has 0 bridgehead atoms. The number of nitrogens with zero attached hydrogens (tertiary/aromatic N) is 1. The number of amides is 1. The minimum Gasteiger partial charge on any atom is -0.344 e. The molecule has 0 radical (unpaired) electrons. The number of nitrogens with one attached hydrogen (secondary N) is 2. The second-order valence-electron chi connectivity index (χ2n) is 4.13. The van der Waals surface area contributed by atoms with Gasteiger partial charge in [0.15, 0.2) is 0 Å². The molecule has 0 unspecified atom stereocenters. The summed E-state index contributed by atoms with van der Waals surface area (Å²) in [5.74, 6) is 0.232. The van der Waals surface area contributed by atoms with Crippen molar-refractivity contribution >= 4 is 5.91 Å². The molecule has 2 N–H and O–H groups in total. The van der Waals surface area contributed by atoms with E-state index in [4.69, 9.17) is 0 Å². The van der Waals surface area contributed by atoms with Gasteiger partial charge in [-0.1, -0.05) is 13.8 Å². The molecule has 90 valence electrons. The second-order valence-corrected chi connectivity index (χ2v) is 4.13. The summed E-state index contributed by atoms with van der Waals surface area (Å²) in [6.45, 7) is 6.78. The first-order chi connectivity index (χ1) is 7.07. The average Bonchev–Trinajstić information content (AvgIpc) is 2.20. The van der Waals surface area contributed by atoms with Gasteiger partial charge in [-0.2, -0.15) is 0 Å². The van der Waals surface area contributed by atoms with E-state index in [1.165, 1.54) is 0 Å². The van der Waals surface area contributed by atoms with Gasteiger partial charge >= 0.3 is 0 Å². The molecule has 0 saturated carbocycles. The van der Waals surface area contributed by atoms with Crippen molar-refractivity contribution in [3.63, 3.8) is 0 Å². The van der Waals surface area contributed by atoms with Gasteiger partial charge in [-0.3, -0.25) is 4.79 Å². The zero-order valence-electron chi connectivity index (χ0n) is 10.5. The fourth-order valence-electron chi connectivity index (χ4n) is 1.23. The molecular formula is C11H25N3O. The third-order valence-corrected chi connectivity index (χ3v) is 2.24. The van der Waals surface area contributed by atoms with E-state index < -0.39 is 0 Å². The Morgan fingerprint density at radius 3 is 2.53 bits per heavy atom. The topological polar surface area (TPSA) is 44.4 Å². The number of hydrogen-bond acceptors (Lipinski definition) is 3. The molecule has 0 aromatic heterocycles. The predicted octanol–water partition coefficient (Wildman–Crippen LogP) is 0.442. The zero-order valence-corrected chi connectivity index (χ0v) is 10.5. The molecule has 0 aliphatic carbocycles. The van der Waals surface area contributed by atoms with Gasteiger partial charge in [-0.05, 0) is 20.0 Å². The van der Waals surface area contributed by atoms with Gasteiger partial charge in [-0.15, -0.1) is 0 Å². The van der Waals surface area contributed by atoms with Gasteiger partial charge in [0, 0.05) is 32.6 Å². The Morgan fingerprint density at radius 1 is 1.33 bits per heavy atom. The average molecular weight is 215 g/mol. The number of hydrogen-bond donors (Lipinski definition) is 2. The van der Waals surface area contributed by atoms with Crippen LogP contribution in [0.4, 0.5) is 0 Å². The first-order valence-corrected chi connectivity index (χ1v) is 5.70. The summed E-state index contributed by atoms with van der Waals surface area (Å²) in [5.41, 5.74) is 0. The van der Waals surface area contributed by atoms with Crippen LogP contribution in [-0.4, -0.2) is 50.6 Å². The fourth-order valence-corrected chi connectivity index (χ4v) is 1.23. The second kappa shape index (κ2) is 8.68. The fraction of sp³-hybridized carbons (Fsp3) is 0.909. The summed E-state index contributed by atoms with van der Waals surface area (Å²) in [6, 6.07) is 0.502. The summed E-state index contributed by atoms with van der Waals surface area (Å²) >= 11 is 0. The maximum atomic E-state index is 11.6. The zero-order chi connectivity index (χ0) is 11.7. The number of carbonyl (C=O) groups is 1. The predicted molar refractivity (Wildman–Crippen MR) is 63.9 cm³/mol. The van der Waals surface area contributed by atoms with Crippen molar-refractivity contribution in [3.05, 3.63) is 0 Å². The minimum atomic E-state index is 0.232. The van der Waals surface area contributed by atoms with Crippen LogP contribution in [0.1, 0.15) is 26.7 Å². The Kier molecular flexibility index (Phi) is 8.33. The molecule has 0 saturated heterocycles. The van der Waals surface area contributed by atoms with Crippen LogP contribution >= 0.6 is 0 Å². The van der Waals surface area contributed by atoms with Crippen LogP contribution in [0.15, 0.2) is 0 Å². The number of rotatable bonds is 8. The number of carbonyl (C=O) groups excluding carboxylic acids is 1. The van der Waals surface area contributed by atoms with Crippen LogP contribution in [0.25, 0.3) is 0 Å². The Labute approximate surface area is 93.4 Å². The molecule has 0 atom stereocenters. The maximum absolute atomic E-state index is 11.6. The molecule has 0 heterocycles.